The van der Waals surface area contributed by atoms with Crippen LogP contribution in [0.1, 0.15) is 5.76 Å². The summed E-state index contributed by atoms with van der Waals surface area (Å²) < 4.78 is 6.60. The number of anilines is 1. The van der Waals surface area contributed by atoms with E-state index in [2.05, 4.69) is 26.5 Å². The number of hydrazone groups is 1. The Balaban J connectivity index is 1.75. The van der Waals surface area contributed by atoms with Crippen LogP contribution in [0, 0.1) is 20.2 Å². The monoisotopic (exact) mass is 430 g/mol. The Kier molecular flexibility index (Phi) is 5.27. The molecular weight excluding hydrogens is 420 g/mol. The van der Waals surface area contributed by atoms with Crippen LogP contribution in [0.4, 0.5) is 17.1 Å². The minimum atomic E-state index is -0.719. The van der Waals surface area contributed by atoms with Crippen molar-refractivity contribution >= 4 is 39.2 Å². The van der Waals surface area contributed by atoms with Gasteiger partial charge in [-0.3, -0.25) is 25.7 Å². The van der Waals surface area contributed by atoms with Gasteiger partial charge in [0, 0.05) is 16.1 Å². The molecule has 1 heterocycles. The lowest BCUT2D eigenvalue weighted by molar-refractivity contribution is -0.393. The molecule has 0 aliphatic carbocycles. The molecular formula is C17H11BrN4O5. The summed E-state index contributed by atoms with van der Waals surface area (Å²) in [5.74, 6) is 1.08. The van der Waals surface area contributed by atoms with Crippen LogP contribution in [0.2, 0.25) is 0 Å². The standard InChI is InChI=1S/C17H11BrN4O5/c18-12-3-1-11(2-4-12)17-8-6-14(27-17)10-19-20-15-7-5-13(21(23)24)9-16(15)22(25)26/h1-10,20H/b19-10+. The molecule has 0 radical (unpaired) electrons. The van der Waals surface area contributed by atoms with Crippen molar-refractivity contribution in [2.24, 2.45) is 5.10 Å². The maximum Gasteiger partial charge on any atom is 0.301 e. The molecule has 9 nitrogen and oxygen atoms in total. The third kappa shape index (κ3) is 4.36. The van der Waals surface area contributed by atoms with Crippen LogP contribution in [-0.2, 0) is 0 Å². The highest BCUT2D eigenvalue weighted by Gasteiger charge is 2.19. The Morgan fingerprint density at radius 1 is 1.00 bits per heavy atom. The SMILES string of the molecule is O=[N+]([O-])c1ccc(N/N=C/c2ccc(-c3ccc(Br)cc3)o2)c([N+](=O)[O-])c1. The van der Waals surface area contributed by atoms with Gasteiger partial charge < -0.3 is 4.42 Å². The Hall–Kier alpha value is -3.53. The number of nitro benzene ring substituents is 2. The van der Waals surface area contributed by atoms with Crippen LogP contribution < -0.4 is 5.43 Å². The van der Waals surface area contributed by atoms with Crippen molar-refractivity contribution < 1.29 is 14.3 Å². The van der Waals surface area contributed by atoms with Gasteiger partial charge in [-0.1, -0.05) is 28.1 Å². The summed E-state index contributed by atoms with van der Waals surface area (Å²) in [5, 5.41) is 25.7. The maximum absolute atomic E-state index is 11.1. The Bertz CT molecular complexity index is 1030. The van der Waals surface area contributed by atoms with Gasteiger partial charge in [-0.15, -0.1) is 0 Å². The second-order valence-electron chi connectivity index (χ2n) is 5.29. The van der Waals surface area contributed by atoms with Crippen LogP contribution in [0.25, 0.3) is 11.3 Å². The van der Waals surface area contributed by atoms with Crippen LogP contribution in [0.3, 0.4) is 0 Å². The average molecular weight is 431 g/mol. The van der Waals surface area contributed by atoms with Crippen molar-refractivity contribution in [3.8, 4) is 11.3 Å². The second kappa shape index (κ2) is 7.79. The van der Waals surface area contributed by atoms with E-state index in [1.54, 1.807) is 12.1 Å². The lowest BCUT2D eigenvalue weighted by Crippen LogP contribution is -1.98. The summed E-state index contributed by atoms with van der Waals surface area (Å²) in [4.78, 5) is 20.4. The molecule has 27 heavy (non-hydrogen) atoms. The van der Waals surface area contributed by atoms with Gasteiger partial charge in [0.1, 0.15) is 17.2 Å². The van der Waals surface area contributed by atoms with Crippen molar-refractivity contribution in [2.45, 2.75) is 0 Å². The summed E-state index contributed by atoms with van der Waals surface area (Å²) >= 11 is 3.36. The highest BCUT2D eigenvalue weighted by Crippen LogP contribution is 2.29. The highest BCUT2D eigenvalue weighted by atomic mass is 79.9. The maximum atomic E-state index is 11.1. The zero-order chi connectivity index (χ0) is 19.4. The van der Waals surface area contributed by atoms with Gasteiger partial charge in [0.2, 0.25) is 0 Å². The van der Waals surface area contributed by atoms with E-state index in [4.69, 9.17) is 4.42 Å². The first-order valence-electron chi connectivity index (χ1n) is 7.52. The van der Waals surface area contributed by atoms with E-state index in [9.17, 15) is 20.2 Å². The topological polar surface area (TPSA) is 124 Å². The number of benzene rings is 2. The molecule has 0 fully saturated rings. The molecule has 10 heteroatoms. The third-order valence-corrected chi connectivity index (χ3v) is 4.05. The molecule has 0 spiro atoms. The lowest BCUT2D eigenvalue weighted by Gasteiger charge is -2.01. The number of hydrogen-bond acceptors (Lipinski definition) is 7. The van der Waals surface area contributed by atoms with Crippen molar-refractivity contribution in [3.05, 3.63) is 85.1 Å². The zero-order valence-corrected chi connectivity index (χ0v) is 15.1. The van der Waals surface area contributed by atoms with Gasteiger partial charge in [-0.05, 0) is 30.3 Å². The Morgan fingerprint density at radius 2 is 1.74 bits per heavy atom. The highest BCUT2D eigenvalue weighted by molar-refractivity contribution is 9.10. The molecule has 1 N–H and O–H groups in total. The number of hydrogen-bond donors (Lipinski definition) is 1. The number of furan rings is 1. The van der Waals surface area contributed by atoms with Crippen molar-refractivity contribution in [1.82, 2.24) is 0 Å². The number of rotatable bonds is 6. The molecule has 0 atom stereocenters. The van der Waals surface area contributed by atoms with E-state index in [0.29, 0.717) is 11.5 Å². The minimum absolute atomic E-state index is 0.0292. The van der Waals surface area contributed by atoms with Crippen molar-refractivity contribution in [1.29, 1.82) is 0 Å². The van der Waals surface area contributed by atoms with Gasteiger partial charge in [0.25, 0.3) is 5.69 Å². The van der Waals surface area contributed by atoms with Crippen LogP contribution in [0.15, 0.2) is 68.6 Å². The lowest BCUT2D eigenvalue weighted by atomic mass is 10.2. The summed E-state index contributed by atoms with van der Waals surface area (Å²) in [7, 11) is 0. The zero-order valence-electron chi connectivity index (χ0n) is 13.5. The molecule has 1 aromatic heterocycles. The van der Waals surface area contributed by atoms with Crippen molar-refractivity contribution in [3.63, 3.8) is 0 Å². The number of non-ortho nitro benzene ring substituents is 1. The van der Waals surface area contributed by atoms with Crippen molar-refractivity contribution in [2.75, 3.05) is 5.43 Å². The normalized spacial score (nSPS) is 10.9. The van der Waals surface area contributed by atoms with E-state index < -0.39 is 15.5 Å². The fraction of sp³-hybridized carbons (Fsp3) is 0. The fourth-order valence-electron chi connectivity index (χ4n) is 2.24. The van der Waals surface area contributed by atoms with Gasteiger partial charge in [0.15, 0.2) is 0 Å². The predicted octanol–water partition coefficient (Wildman–Crippen LogP) is 4.97. The van der Waals surface area contributed by atoms with Gasteiger partial charge in [-0.25, -0.2) is 0 Å². The van der Waals surface area contributed by atoms with E-state index >= 15 is 0 Å². The molecule has 0 bridgehead atoms. The molecule has 3 aromatic rings. The molecule has 0 aliphatic rings. The van der Waals surface area contributed by atoms with Gasteiger partial charge >= 0.3 is 5.69 Å². The molecule has 0 aliphatic heterocycles. The number of nitrogens with one attached hydrogen (secondary N) is 1. The van der Waals surface area contributed by atoms with Crippen LogP contribution in [0.5, 0.6) is 0 Å². The van der Waals surface area contributed by atoms with Crippen LogP contribution >= 0.6 is 15.9 Å². The number of halogens is 1. The van der Waals surface area contributed by atoms with E-state index in [-0.39, 0.29) is 11.4 Å². The van der Waals surface area contributed by atoms with E-state index in [0.717, 1.165) is 22.2 Å². The smallest absolute Gasteiger partial charge is 0.301 e. The molecule has 3 rings (SSSR count). The number of nitro groups is 2. The molecule has 0 unspecified atom stereocenters. The molecule has 0 saturated carbocycles. The Labute approximate surface area is 160 Å². The molecule has 0 saturated heterocycles. The summed E-state index contributed by atoms with van der Waals surface area (Å²) in [6, 6.07) is 14.3. The summed E-state index contributed by atoms with van der Waals surface area (Å²) in [6.07, 6.45) is 1.35. The first-order valence-corrected chi connectivity index (χ1v) is 8.31. The van der Waals surface area contributed by atoms with Gasteiger partial charge in [0.05, 0.1) is 22.1 Å². The van der Waals surface area contributed by atoms with E-state index in [1.807, 2.05) is 24.3 Å². The molecule has 0 amide bonds. The first kappa shape index (κ1) is 18.3. The summed E-state index contributed by atoms with van der Waals surface area (Å²) in [5.41, 5.74) is 2.60. The second-order valence-corrected chi connectivity index (χ2v) is 6.21. The largest absolute Gasteiger partial charge is 0.455 e. The predicted molar refractivity (Wildman–Crippen MR) is 103 cm³/mol. The first-order chi connectivity index (χ1) is 12.9. The quantitative estimate of drug-likeness (QED) is 0.334. The average Bonchev–Trinajstić information content (AvgIpc) is 3.11. The third-order valence-electron chi connectivity index (χ3n) is 3.52. The fourth-order valence-corrected chi connectivity index (χ4v) is 2.50. The molecule has 136 valence electrons. The van der Waals surface area contributed by atoms with Crippen LogP contribution in [-0.4, -0.2) is 16.1 Å². The van der Waals surface area contributed by atoms with E-state index in [1.165, 1.54) is 12.3 Å². The summed E-state index contributed by atoms with van der Waals surface area (Å²) in [6.45, 7) is 0. The minimum Gasteiger partial charge on any atom is -0.455 e. The molecule has 2 aromatic carbocycles. The number of nitrogens with zero attached hydrogens (tertiary/aromatic N) is 3. The Morgan fingerprint density at radius 3 is 2.41 bits per heavy atom. The van der Waals surface area contributed by atoms with Gasteiger partial charge in [-0.2, -0.15) is 5.10 Å².